The van der Waals surface area contributed by atoms with E-state index in [-0.39, 0.29) is 10.8 Å². The van der Waals surface area contributed by atoms with Crippen LogP contribution >= 0.6 is 23.1 Å². The maximum absolute atomic E-state index is 11.6. The first-order valence-corrected chi connectivity index (χ1v) is 11.5. The number of aromatic nitrogens is 3. The lowest BCUT2D eigenvalue weighted by Gasteiger charge is -2.09. The van der Waals surface area contributed by atoms with E-state index in [9.17, 15) is 13.2 Å². The van der Waals surface area contributed by atoms with E-state index in [0.717, 1.165) is 16.4 Å². The van der Waals surface area contributed by atoms with Crippen LogP contribution in [-0.2, 0) is 27.1 Å². The third kappa shape index (κ3) is 4.15. The van der Waals surface area contributed by atoms with Gasteiger partial charge in [-0.25, -0.2) is 23.5 Å². The number of nitrogens with two attached hydrogens (primary N) is 1. The van der Waals surface area contributed by atoms with Gasteiger partial charge in [-0.2, -0.15) is 0 Å². The molecule has 0 aliphatic heterocycles. The Morgan fingerprint density at radius 3 is 2.74 bits per heavy atom. The number of hydrogen-bond donors (Lipinski definition) is 1. The summed E-state index contributed by atoms with van der Waals surface area (Å²) in [7, 11) is -2.08. The Bertz CT molecular complexity index is 1100. The second-order valence-electron chi connectivity index (χ2n) is 5.82. The van der Waals surface area contributed by atoms with Crippen molar-refractivity contribution >= 4 is 55.2 Å². The zero-order chi connectivity index (χ0) is 19.8. The molecule has 1 amide bonds. The van der Waals surface area contributed by atoms with Crippen LogP contribution in [0.2, 0.25) is 0 Å². The highest BCUT2D eigenvalue weighted by atomic mass is 32.2. The van der Waals surface area contributed by atoms with Crippen molar-refractivity contribution in [3.63, 3.8) is 0 Å². The minimum absolute atomic E-state index is 0.0451. The highest BCUT2D eigenvalue weighted by Crippen LogP contribution is 2.29. The fourth-order valence-electron chi connectivity index (χ4n) is 2.47. The minimum Gasteiger partial charge on any atom is -0.319 e. The molecule has 0 saturated heterocycles. The summed E-state index contributed by atoms with van der Waals surface area (Å²) in [6.07, 6.45) is 0. The molecule has 2 heterocycles. The van der Waals surface area contributed by atoms with Crippen molar-refractivity contribution in [3.8, 4) is 0 Å². The Balaban J connectivity index is 1.85. The fourth-order valence-corrected chi connectivity index (χ4v) is 4.91. The predicted molar refractivity (Wildman–Crippen MR) is 108 cm³/mol. The number of fused-ring (bicyclic) bond motifs is 1. The number of nitrogens with zero attached hydrogens (tertiary/aromatic N) is 4. The highest BCUT2D eigenvalue weighted by molar-refractivity contribution is 7.98. The SMILES string of the molecule is CCn1c(SCc2csc(N(C)C(C)=O)n2)nc2cc(S(N)(=O)=O)ccc21. The average molecular weight is 426 g/mol. The minimum atomic E-state index is -3.77. The molecule has 0 aliphatic carbocycles. The molecule has 0 aliphatic rings. The van der Waals surface area contributed by atoms with Crippen molar-refractivity contribution in [3.05, 3.63) is 29.3 Å². The Labute approximate surface area is 165 Å². The molecule has 0 unspecified atom stereocenters. The van der Waals surface area contributed by atoms with E-state index in [1.165, 1.54) is 47.1 Å². The van der Waals surface area contributed by atoms with E-state index < -0.39 is 10.0 Å². The van der Waals surface area contributed by atoms with Gasteiger partial charge in [-0.3, -0.25) is 9.69 Å². The number of thioether (sulfide) groups is 1. The van der Waals surface area contributed by atoms with Crippen LogP contribution in [0, 0.1) is 0 Å². The molecule has 0 radical (unpaired) electrons. The Hall–Kier alpha value is -1.95. The summed E-state index contributed by atoms with van der Waals surface area (Å²) in [4.78, 5) is 22.0. The number of thiazole rings is 1. The van der Waals surface area contributed by atoms with Crippen molar-refractivity contribution in [2.45, 2.75) is 36.2 Å². The molecule has 0 atom stereocenters. The van der Waals surface area contributed by atoms with E-state index in [0.29, 0.717) is 22.9 Å². The van der Waals surface area contributed by atoms with Gasteiger partial charge in [0.2, 0.25) is 15.9 Å². The van der Waals surface area contributed by atoms with Gasteiger partial charge in [0, 0.05) is 31.6 Å². The topological polar surface area (TPSA) is 111 Å². The molecule has 2 N–H and O–H groups in total. The van der Waals surface area contributed by atoms with Crippen molar-refractivity contribution in [1.29, 1.82) is 0 Å². The molecule has 1 aromatic carbocycles. The number of primary sulfonamides is 1. The Morgan fingerprint density at radius 1 is 1.37 bits per heavy atom. The number of carbonyl (C=O) groups excluding carboxylic acids is 1. The van der Waals surface area contributed by atoms with Gasteiger partial charge in [-0.05, 0) is 25.1 Å². The van der Waals surface area contributed by atoms with Crippen LogP contribution in [0.4, 0.5) is 5.13 Å². The lowest BCUT2D eigenvalue weighted by atomic mass is 10.3. The molecule has 11 heteroatoms. The smallest absolute Gasteiger partial charge is 0.238 e. The Morgan fingerprint density at radius 2 is 2.11 bits per heavy atom. The molecule has 27 heavy (non-hydrogen) atoms. The molecule has 2 aromatic heterocycles. The van der Waals surface area contributed by atoms with Gasteiger partial charge in [0.25, 0.3) is 0 Å². The van der Waals surface area contributed by atoms with Crippen LogP contribution in [0.3, 0.4) is 0 Å². The largest absolute Gasteiger partial charge is 0.319 e. The molecule has 8 nitrogen and oxygen atoms in total. The zero-order valence-electron chi connectivity index (χ0n) is 15.0. The molecular weight excluding hydrogens is 406 g/mol. The quantitative estimate of drug-likeness (QED) is 0.607. The number of benzene rings is 1. The molecule has 144 valence electrons. The second kappa shape index (κ2) is 7.58. The van der Waals surface area contributed by atoms with Crippen molar-refractivity contribution in [2.24, 2.45) is 5.14 Å². The average Bonchev–Trinajstić information content (AvgIpc) is 3.21. The first-order valence-electron chi connectivity index (χ1n) is 8.05. The normalized spacial score (nSPS) is 11.9. The van der Waals surface area contributed by atoms with E-state index in [2.05, 4.69) is 9.97 Å². The molecule has 0 saturated carbocycles. The number of amides is 1. The number of hydrogen-bond acceptors (Lipinski definition) is 7. The molecular formula is C16H19N5O3S3. The number of aryl methyl sites for hydroxylation is 1. The number of rotatable bonds is 6. The number of imidazole rings is 1. The molecule has 3 rings (SSSR count). The standard InChI is InChI=1S/C16H19N5O3S3/c1-4-21-14-6-5-12(27(17,23)24)7-13(14)19-16(21)26-9-11-8-25-15(18-11)20(3)10(2)22/h5-8H,4,9H2,1-3H3,(H2,17,23,24). The third-order valence-electron chi connectivity index (χ3n) is 3.98. The summed E-state index contributed by atoms with van der Waals surface area (Å²) >= 11 is 2.92. The first-order chi connectivity index (χ1) is 12.7. The summed E-state index contributed by atoms with van der Waals surface area (Å²) in [5.41, 5.74) is 2.29. The van der Waals surface area contributed by atoms with Crippen LogP contribution in [0.1, 0.15) is 19.5 Å². The number of carbonyl (C=O) groups is 1. The number of anilines is 1. The van der Waals surface area contributed by atoms with Crippen LogP contribution in [-0.4, -0.2) is 35.9 Å². The van der Waals surface area contributed by atoms with Gasteiger partial charge >= 0.3 is 0 Å². The summed E-state index contributed by atoms with van der Waals surface area (Å²) in [6, 6.07) is 4.70. The van der Waals surface area contributed by atoms with Gasteiger partial charge in [-0.15, -0.1) is 11.3 Å². The van der Waals surface area contributed by atoms with E-state index in [1.54, 1.807) is 13.1 Å². The van der Waals surface area contributed by atoms with E-state index >= 15 is 0 Å². The monoisotopic (exact) mass is 425 g/mol. The molecule has 3 aromatic rings. The van der Waals surface area contributed by atoms with Gasteiger partial charge in [-0.1, -0.05) is 11.8 Å². The van der Waals surface area contributed by atoms with Gasteiger partial charge in [0.15, 0.2) is 10.3 Å². The van der Waals surface area contributed by atoms with Crippen molar-refractivity contribution in [2.75, 3.05) is 11.9 Å². The van der Waals surface area contributed by atoms with Crippen molar-refractivity contribution < 1.29 is 13.2 Å². The zero-order valence-corrected chi connectivity index (χ0v) is 17.5. The molecule has 0 spiro atoms. The molecule has 0 fully saturated rings. The molecule has 0 bridgehead atoms. The van der Waals surface area contributed by atoms with Crippen molar-refractivity contribution in [1.82, 2.24) is 14.5 Å². The van der Waals surface area contributed by atoms with Crippen LogP contribution in [0.25, 0.3) is 11.0 Å². The maximum Gasteiger partial charge on any atom is 0.238 e. The van der Waals surface area contributed by atoms with Crippen LogP contribution in [0.5, 0.6) is 0 Å². The lowest BCUT2D eigenvalue weighted by Crippen LogP contribution is -2.22. The first kappa shape index (κ1) is 19.8. The number of sulfonamides is 1. The Kier molecular flexibility index (Phi) is 5.56. The summed E-state index contributed by atoms with van der Waals surface area (Å²) < 4.78 is 25.1. The van der Waals surface area contributed by atoms with Crippen LogP contribution < -0.4 is 10.0 Å². The third-order valence-corrected chi connectivity index (χ3v) is 6.86. The van der Waals surface area contributed by atoms with Gasteiger partial charge in [0.05, 0.1) is 21.6 Å². The van der Waals surface area contributed by atoms with Gasteiger partial charge < -0.3 is 4.57 Å². The summed E-state index contributed by atoms with van der Waals surface area (Å²) in [5.74, 6) is 0.523. The summed E-state index contributed by atoms with van der Waals surface area (Å²) in [6.45, 7) is 4.19. The highest BCUT2D eigenvalue weighted by Gasteiger charge is 2.16. The lowest BCUT2D eigenvalue weighted by molar-refractivity contribution is -0.116. The van der Waals surface area contributed by atoms with Crippen LogP contribution in [0.15, 0.2) is 33.6 Å². The van der Waals surface area contributed by atoms with Gasteiger partial charge in [0.1, 0.15) is 0 Å². The maximum atomic E-state index is 11.6. The van der Waals surface area contributed by atoms with E-state index in [1.807, 2.05) is 16.9 Å². The fraction of sp³-hybridized carbons (Fsp3) is 0.312. The summed E-state index contributed by atoms with van der Waals surface area (Å²) in [5, 5.41) is 8.55. The van der Waals surface area contributed by atoms with E-state index in [4.69, 9.17) is 5.14 Å². The second-order valence-corrected chi connectivity index (χ2v) is 9.16. The predicted octanol–water partition coefficient (Wildman–Crippen LogP) is 2.44.